The van der Waals surface area contributed by atoms with E-state index in [9.17, 15) is 4.79 Å². The van der Waals surface area contributed by atoms with Crippen LogP contribution in [0.5, 0.6) is 0 Å². The number of esters is 1. The zero-order chi connectivity index (χ0) is 15.8. The molecule has 21 heavy (non-hydrogen) atoms. The maximum atomic E-state index is 10.1. The Morgan fingerprint density at radius 3 is 2.86 bits per heavy atom. The molecule has 0 fully saturated rings. The van der Waals surface area contributed by atoms with Crippen molar-refractivity contribution in [1.29, 1.82) is 0 Å². The van der Waals surface area contributed by atoms with E-state index in [2.05, 4.69) is 35.7 Å². The van der Waals surface area contributed by atoms with E-state index in [0.717, 1.165) is 31.9 Å². The van der Waals surface area contributed by atoms with Crippen molar-refractivity contribution in [3.05, 3.63) is 25.3 Å². The molecule has 3 heteroatoms. The Morgan fingerprint density at radius 2 is 2.19 bits per heavy atom. The van der Waals surface area contributed by atoms with Crippen LogP contribution >= 0.6 is 0 Å². The first kappa shape index (κ1) is 19.0. The second-order valence-electron chi connectivity index (χ2n) is 4.37. The molecule has 3 nitrogen and oxygen atoms in total. The first-order chi connectivity index (χ1) is 10.2. The third-order valence-electron chi connectivity index (χ3n) is 2.64. The average Bonchev–Trinajstić information content (AvgIpc) is 2.47. The molecule has 0 heterocycles. The Bertz CT molecular complexity index is 406. The van der Waals surface area contributed by atoms with Crippen molar-refractivity contribution in [3.8, 4) is 24.2 Å². The van der Waals surface area contributed by atoms with Crippen LogP contribution in [0, 0.1) is 24.2 Å². The number of carbonyl (C=O) groups is 1. The van der Waals surface area contributed by atoms with Crippen LogP contribution in [0.1, 0.15) is 38.5 Å². The largest absolute Gasteiger partial charge is 0.449 e. The summed E-state index contributed by atoms with van der Waals surface area (Å²) in [5.74, 6) is 8.00. The number of hydrogen-bond acceptors (Lipinski definition) is 3. The third kappa shape index (κ3) is 12.8. The van der Waals surface area contributed by atoms with Crippen LogP contribution in [0.2, 0.25) is 0 Å². The fourth-order valence-corrected chi connectivity index (χ4v) is 1.57. The lowest BCUT2D eigenvalue weighted by Gasteiger charge is -2.12. The number of ether oxygens (including phenoxy) is 2. The van der Waals surface area contributed by atoms with E-state index in [-0.39, 0.29) is 12.7 Å². The molecule has 1 rings (SSSR count). The van der Waals surface area contributed by atoms with Crippen molar-refractivity contribution < 1.29 is 14.3 Å². The molecule has 114 valence electrons. The summed E-state index contributed by atoms with van der Waals surface area (Å²) in [7, 11) is 0. The maximum Gasteiger partial charge on any atom is 0.331 e. The van der Waals surface area contributed by atoms with Crippen molar-refractivity contribution in [1.82, 2.24) is 0 Å². The van der Waals surface area contributed by atoms with Crippen LogP contribution in [0.4, 0.5) is 0 Å². The lowest BCUT2D eigenvalue weighted by Crippen LogP contribution is -2.12. The van der Waals surface area contributed by atoms with Crippen LogP contribution in [0.25, 0.3) is 0 Å². The summed E-state index contributed by atoms with van der Waals surface area (Å²) < 4.78 is 9.96. The zero-order valence-corrected chi connectivity index (χ0v) is 12.6. The molecule has 0 saturated carbocycles. The van der Waals surface area contributed by atoms with Gasteiger partial charge in [-0.3, -0.25) is 0 Å². The molecule has 1 aliphatic carbocycles. The minimum absolute atomic E-state index is 0.0187. The predicted octanol–water partition coefficient (Wildman–Crippen LogP) is 3.26. The summed E-state index contributed by atoms with van der Waals surface area (Å²) in [6.45, 7) is 7.62. The van der Waals surface area contributed by atoms with E-state index in [1.807, 2.05) is 6.08 Å². The van der Waals surface area contributed by atoms with Gasteiger partial charge in [-0.1, -0.05) is 30.9 Å². The molecule has 0 amide bonds. The predicted molar refractivity (Wildman–Crippen MR) is 85.4 cm³/mol. The molecule has 0 aromatic heterocycles. The Balaban J connectivity index is 0.000000433. The summed E-state index contributed by atoms with van der Waals surface area (Å²) in [5, 5.41) is 0. The van der Waals surface area contributed by atoms with Gasteiger partial charge in [0.2, 0.25) is 0 Å². The lowest BCUT2D eigenvalue weighted by atomic mass is 10.1. The molecule has 0 aromatic rings. The van der Waals surface area contributed by atoms with Gasteiger partial charge in [0.05, 0.1) is 6.61 Å². The van der Waals surface area contributed by atoms with Crippen molar-refractivity contribution in [2.45, 2.75) is 44.6 Å². The smallest absolute Gasteiger partial charge is 0.331 e. The normalized spacial score (nSPS) is 16.4. The maximum absolute atomic E-state index is 10.1. The summed E-state index contributed by atoms with van der Waals surface area (Å²) in [6, 6.07) is 0. The molecular weight excluding hydrogens is 264 g/mol. The topological polar surface area (TPSA) is 35.5 Å². The number of carbonyl (C=O) groups excluding carboxylic acids is 1. The number of hydrogen-bond donors (Lipinski definition) is 0. The fourth-order valence-electron chi connectivity index (χ4n) is 1.57. The first-order valence-corrected chi connectivity index (χ1v) is 7.18. The molecular formula is C18H24O3. The van der Waals surface area contributed by atoms with Gasteiger partial charge in [0.1, 0.15) is 6.10 Å². The summed E-state index contributed by atoms with van der Waals surface area (Å²) in [5.41, 5.74) is 0. The molecule has 1 aliphatic rings. The highest BCUT2D eigenvalue weighted by atomic mass is 16.5. The van der Waals surface area contributed by atoms with Gasteiger partial charge < -0.3 is 9.47 Å². The highest BCUT2D eigenvalue weighted by Gasteiger charge is 2.05. The highest BCUT2D eigenvalue weighted by molar-refractivity contribution is 5.81. The summed E-state index contributed by atoms with van der Waals surface area (Å²) in [4.78, 5) is 10.1. The molecule has 0 bridgehead atoms. The Hall–Kier alpha value is -1.97. The van der Waals surface area contributed by atoms with Crippen molar-refractivity contribution in [2.75, 3.05) is 13.2 Å². The molecule has 0 saturated heterocycles. The summed E-state index contributed by atoms with van der Waals surface area (Å²) >= 11 is 0. The van der Waals surface area contributed by atoms with Crippen LogP contribution in [-0.4, -0.2) is 25.3 Å². The average molecular weight is 288 g/mol. The lowest BCUT2D eigenvalue weighted by molar-refractivity contribution is -0.136. The molecule has 1 atom stereocenters. The van der Waals surface area contributed by atoms with Gasteiger partial charge in [0.25, 0.3) is 0 Å². The molecule has 0 aliphatic heterocycles. The minimum atomic E-state index is -0.483. The Labute approximate surface area is 128 Å². The van der Waals surface area contributed by atoms with E-state index in [1.165, 1.54) is 19.3 Å². The van der Waals surface area contributed by atoms with Crippen LogP contribution in [0.3, 0.4) is 0 Å². The summed E-state index contributed by atoms with van der Waals surface area (Å²) in [6.07, 6.45) is 14.8. The second-order valence-corrected chi connectivity index (χ2v) is 4.37. The van der Waals surface area contributed by atoms with E-state index >= 15 is 0 Å². The molecule has 0 aromatic carbocycles. The van der Waals surface area contributed by atoms with Crippen molar-refractivity contribution in [2.24, 2.45) is 0 Å². The van der Waals surface area contributed by atoms with Gasteiger partial charge in [-0.25, -0.2) is 4.79 Å². The highest BCUT2D eigenvalue weighted by Crippen LogP contribution is 2.10. The SMILES string of the molecule is C#CCOC(=O)C=C.C=CCCOC1C#CCCCCC1. The molecule has 0 spiro atoms. The second kappa shape index (κ2) is 14.4. The zero-order valence-electron chi connectivity index (χ0n) is 12.6. The van der Waals surface area contributed by atoms with Gasteiger partial charge in [0.15, 0.2) is 6.61 Å². The van der Waals surface area contributed by atoms with Crippen molar-refractivity contribution in [3.63, 3.8) is 0 Å². The quantitative estimate of drug-likeness (QED) is 0.247. The first-order valence-electron chi connectivity index (χ1n) is 7.18. The Morgan fingerprint density at radius 1 is 1.38 bits per heavy atom. The van der Waals surface area contributed by atoms with Gasteiger partial charge in [0, 0.05) is 12.5 Å². The van der Waals surface area contributed by atoms with E-state index in [0.29, 0.717) is 0 Å². The molecule has 0 N–H and O–H groups in total. The molecule has 0 radical (unpaired) electrons. The minimum Gasteiger partial charge on any atom is -0.449 e. The fraction of sp³-hybridized carbons (Fsp3) is 0.500. The van der Waals surface area contributed by atoms with Crippen molar-refractivity contribution >= 4 is 5.97 Å². The van der Waals surface area contributed by atoms with Crippen LogP contribution in [-0.2, 0) is 14.3 Å². The van der Waals surface area contributed by atoms with Crippen LogP contribution < -0.4 is 0 Å². The standard InChI is InChI=1S/C12H18O.C6H6O2/c1-2-3-11-13-12-9-7-5-4-6-8-10-12;1-3-5-8-6(7)4-2/h2,12H,1,3-7,9,11H2;1,4H,2,5H2. The monoisotopic (exact) mass is 288 g/mol. The van der Waals surface area contributed by atoms with Gasteiger partial charge >= 0.3 is 5.97 Å². The van der Waals surface area contributed by atoms with E-state index in [4.69, 9.17) is 11.2 Å². The van der Waals surface area contributed by atoms with E-state index < -0.39 is 5.97 Å². The Kier molecular flexibility index (Phi) is 13.1. The van der Waals surface area contributed by atoms with Crippen LogP contribution in [0.15, 0.2) is 25.3 Å². The number of rotatable bonds is 6. The van der Waals surface area contributed by atoms with Gasteiger partial charge in [-0.2, -0.15) is 0 Å². The molecule has 1 unspecified atom stereocenters. The van der Waals surface area contributed by atoms with Gasteiger partial charge in [-0.05, 0) is 25.7 Å². The number of terminal acetylenes is 1. The third-order valence-corrected chi connectivity index (χ3v) is 2.64. The van der Waals surface area contributed by atoms with E-state index in [1.54, 1.807) is 0 Å². The van der Waals surface area contributed by atoms with Gasteiger partial charge in [-0.15, -0.1) is 18.9 Å².